The van der Waals surface area contributed by atoms with E-state index in [2.05, 4.69) is 14.9 Å². The number of aromatic amines is 1. The summed E-state index contributed by atoms with van der Waals surface area (Å²) in [5, 5.41) is 6.19. The molecular formula is C13H11N4O5+. The minimum Gasteiger partial charge on any atom is -0.461 e. The largest absolute Gasteiger partial charge is 0.461 e. The Hall–Kier alpha value is -3.23. The summed E-state index contributed by atoms with van der Waals surface area (Å²) in [5.41, 5.74) is 0.0262. The third kappa shape index (κ3) is 2.08. The van der Waals surface area contributed by atoms with Crippen LogP contribution in [0, 0.1) is 11.8 Å². The van der Waals surface area contributed by atoms with Crippen LogP contribution in [0.4, 0.5) is 0 Å². The van der Waals surface area contributed by atoms with Gasteiger partial charge in [0.05, 0.1) is 12.0 Å². The standard InChI is InChI=1S/C13H10N4O5/c1-7-6-8(16(2)14-7)12(18)11-10(15-22-17(11)20)13(19)9-4-3-5-21-9/h3-6H,1-2H3/p+1. The lowest BCUT2D eigenvalue weighted by molar-refractivity contribution is -0.714. The summed E-state index contributed by atoms with van der Waals surface area (Å²) < 4.78 is 10.8. The molecule has 3 aromatic heterocycles. The summed E-state index contributed by atoms with van der Waals surface area (Å²) >= 11 is 0. The second-order valence-electron chi connectivity index (χ2n) is 4.60. The SMILES string of the molecule is Cc1cc(C(=O)c2c(C(=O)c3ccco3)[nH]o[n+]2=O)n(C)n1. The number of nitrogens with zero attached hydrogens (tertiary/aromatic N) is 3. The fraction of sp³-hybridized carbons (Fsp3) is 0.154. The maximum Gasteiger partial charge on any atom is 0.325 e. The molecule has 0 spiro atoms. The van der Waals surface area contributed by atoms with Crippen molar-refractivity contribution in [3.8, 4) is 0 Å². The third-order valence-electron chi connectivity index (χ3n) is 3.07. The zero-order chi connectivity index (χ0) is 15.9. The Morgan fingerprint density at radius 1 is 1.36 bits per heavy atom. The summed E-state index contributed by atoms with van der Waals surface area (Å²) in [6, 6.07) is 4.45. The van der Waals surface area contributed by atoms with Gasteiger partial charge < -0.3 is 4.42 Å². The van der Waals surface area contributed by atoms with Gasteiger partial charge in [-0.05, 0) is 30.0 Å². The summed E-state index contributed by atoms with van der Waals surface area (Å²) in [5.74, 6) is -1.36. The van der Waals surface area contributed by atoms with Gasteiger partial charge in [-0.15, -0.1) is 0 Å². The molecule has 3 rings (SSSR count). The zero-order valence-corrected chi connectivity index (χ0v) is 11.7. The summed E-state index contributed by atoms with van der Waals surface area (Å²) in [7, 11) is 1.56. The van der Waals surface area contributed by atoms with Crippen LogP contribution in [0.2, 0.25) is 0 Å². The number of carbonyl (C=O) groups excluding carboxylic acids is 2. The molecular weight excluding hydrogens is 292 g/mol. The van der Waals surface area contributed by atoms with Gasteiger partial charge >= 0.3 is 5.69 Å². The highest BCUT2D eigenvalue weighted by Gasteiger charge is 2.36. The van der Waals surface area contributed by atoms with E-state index in [0.29, 0.717) is 5.69 Å². The number of hydrogen-bond acceptors (Lipinski definition) is 6. The van der Waals surface area contributed by atoms with Crippen molar-refractivity contribution in [2.45, 2.75) is 6.92 Å². The van der Waals surface area contributed by atoms with Crippen LogP contribution in [-0.4, -0.2) is 26.5 Å². The summed E-state index contributed by atoms with van der Waals surface area (Å²) in [4.78, 5) is 36.5. The maximum absolute atomic E-state index is 12.5. The molecule has 0 unspecified atom stereocenters. The van der Waals surface area contributed by atoms with Gasteiger partial charge in [0.25, 0.3) is 17.3 Å². The van der Waals surface area contributed by atoms with E-state index >= 15 is 0 Å². The van der Waals surface area contributed by atoms with E-state index in [-0.39, 0.29) is 21.7 Å². The first-order chi connectivity index (χ1) is 10.5. The Labute approximate surface area is 122 Å². The number of carbonyl (C=O) groups is 2. The molecule has 112 valence electrons. The van der Waals surface area contributed by atoms with Crippen molar-refractivity contribution in [1.29, 1.82) is 0 Å². The second kappa shape index (κ2) is 4.95. The van der Waals surface area contributed by atoms with Crippen molar-refractivity contribution in [2.75, 3.05) is 0 Å². The normalized spacial score (nSPS) is 10.8. The predicted octanol–water partition coefficient (Wildman–Crippen LogP) is 0.619. The number of aryl methyl sites for hydroxylation is 2. The van der Waals surface area contributed by atoms with E-state index in [9.17, 15) is 14.5 Å². The molecule has 3 heterocycles. The first-order valence-corrected chi connectivity index (χ1v) is 6.27. The minimum absolute atomic E-state index is 0.0205. The molecule has 0 saturated carbocycles. The predicted molar refractivity (Wildman–Crippen MR) is 69.9 cm³/mol. The highest BCUT2D eigenvalue weighted by atomic mass is 16.7. The molecule has 1 N–H and O–H groups in total. The average Bonchev–Trinajstić information content (AvgIpc) is 3.18. The van der Waals surface area contributed by atoms with Crippen molar-refractivity contribution >= 4 is 11.6 Å². The van der Waals surface area contributed by atoms with Crippen LogP contribution in [0.25, 0.3) is 0 Å². The van der Waals surface area contributed by atoms with Gasteiger partial charge in [0.1, 0.15) is 5.69 Å². The number of aromatic nitrogens is 4. The molecule has 0 radical (unpaired) electrons. The highest BCUT2D eigenvalue weighted by Crippen LogP contribution is 2.14. The van der Waals surface area contributed by atoms with E-state index in [1.54, 1.807) is 14.0 Å². The van der Waals surface area contributed by atoms with E-state index in [1.165, 1.54) is 29.1 Å². The molecule has 22 heavy (non-hydrogen) atoms. The molecule has 0 aromatic carbocycles. The van der Waals surface area contributed by atoms with E-state index in [0.717, 1.165) is 0 Å². The van der Waals surface area contributed by atoms with Gasteiger partial charge in [0.2, 0.25) is 0 Å². The minimum atomic E-state index is -0.682. The van der Waals surface area contributed by atoms with Gasteiger partial charge in [-0.25, -0.2) is 0 Å². The Morgan fingerprint density at radius 3 is 2.73 bits per heavy atom. The van der Waals surface area contributed by atoms with Gasteiger partial charge in [0, 0.05) is 7.05 Å². The lowest BCUT2D eigenvalue weighted by Gasteiger charge is -1.95. The van der Waals surface area contributed by atoms with Crippen molar-refractivity contribution in [3.05, 3.63) is 57.9 Å². The fourth-order valence-corrected chi connectivity index (χ4v) is 2.10. The molecule has 0 aliphatic rings. The number of ketones is 2. The van der Waals surface area contributed by atoms with Crippen molar-refractivity contribution in [2.24, 2.45) is 7.05 Å². The van der Waals surface area contributed by atoms with Gasteiger partial charge in [-0.1, -0.05) is 9.79 Å². The highest BCUT2D eigenvalue weighted by molar-refractivity contribution is 6.15. The number of hydrogen-bond donors (Lipinski definition) is 1. The first kappa shape index (κ1) is 13.7. The number of furan rings is 1. The molecule has 9 nitrogen and oxygen atoms in total. The molecule has 0 aliphatic carbocycles. The molecule has 0 saturated heterocycles. The second-order valence-corrected chi connectivity index (χ2v) is 4.60. The average molecular weight is 303 g/mol. The van der Waals surface area contributed by atoms with Crippen LogP contribution in [0.15, 0.2) is 33.5 Å². The quantitative estimate of drug-likeness (QED) is 0.706. The molecule has 0 aliphatic heterocycles. The van der Waals surface area contributed by atoms with Crippen LogP contribution < -0.4 is 4.60 Å². The third-order valence-corrected chi connectivity index (χ3v) is 3.07. The van der Waals surface area contributed by atoms with E-state index in [1.807, 2.05) is 0 Å². The number of rotatable bonds is 4. The van der Waals surface area contributed by atoms with E-state index < -0.39 is 17.3 Å². The number of nitrogens with one attached hydrogen (secondary N) is 1. The Kier molecular flexibility index (Phi) is 3.09. The van der Waals surface area contributed by atoms with Crippen molar-refractivity contribution < 1.29 is 23.2 Å². The van der Waals surface area contributed by atoms with Gasteiger partial charge in [0.15, 0.2) is 10.4 Å². The maximum atomic E-state index is 12.5. The van der Waals surface area contributed by atoms with Crippen molar-refractivity contribution in [3.63, 3.8) is 0 Å². The molecule has 3 aromatic rings. The van der Waals surface area contributed by atoms with Crippen LogP contribution >= 0.6 is 0 Å². The van der Waals surface area contributed by atoms with Crippen LogP contribution in [-0.2, 0) is 7.05 Å². The molecule has 9 heteroatoms. The monoisotopic (exact) mass is 303 g/mol. The Bertz CT molecular complexity index is 913. The molecule has 0 atom stereocenters. The fourth-order valence-electron chi connectivity index (χ4n) is 2.10. The van der Waals surface area contributed by atoms with Gasteiger partial charge in [-0.2, -0.15) is 5.10 Å². The van der Waals surface area contributed by atoms with Crippen LogP contribution in [0.1, 0.15) is 38.1 Å². The summed E-state index contributed by atoms with van der Waals surface area (Å²) in [6.07, 6.45) is 1.31. The molecule has 0 amide bonds. The lowest BCUT2D eigenvalue weighted by atomic mass is 10.1. The lowest BCUT2D eigenvalue weighted by Crippen LogP contribution is -2.25. The Morgan fingerprint density at radius 2 is 2.14 bits per heavy atom. The summed E-state index contributed by atoms with van der Waals surface area (Å²) in [6.45, 7) is 1.71. The number of H-pyrrole nitrogens is 1. The smallest absolute Gasteiger partial charge is 0.325 e. The topological polar surface area (TPSA) is 117 Å². The van der Waals surface area contributed by atoms with Crippen molar-refractivity contribution in [1.82, 2.24) is 14.9 Å². The molecule has 0 bridgehead atoms. The molecule has 0 fully saturated rings. The van der Waals surface area contributed by atoms with Crippen LogP contribution in [0.5, 0.6) is 0 Å². The Balaban J connectivity index is 2.10. The van der Waals surface area contributed by atoms with Gasteiger partial charge in [-0.3, -0.25) is 14.3 Å². The van der Waals surface area contributed by atoms with E-state index in [4.69, 9.17) is 4.42 Å². The van der Waals surface area contributed by atoms with Crippen LogP contribution in [0.3, 0.4) is 0 Å². The zero-order valence-electron chi connectivity index (χ0n) is 11.7. The first-order valence-electron chi connectivity index (χ1n) is 6.27.